The highest BCUT2D eigenvalue weighted by atomic mass is 15.5. The number of nitrogens with zero attached hydrogens (tertiary/aromatic N) is 4. The van der Waals surface area contributed by atoms with Gasteiger partial charge in [-0.25, -0.2) is 4.68 Å². The van der Waals surface area contributed by atoms with E-state index in [0.717, 1.165) is 25.3 Å². The third-order valence-electron chi connectivity index (χ3n) is 2.59. The van der Waals surface area contributed by atoms with Crippen molar-refractivity contribution < 1.29 is 0 Å². The minimum Gasteiger partial charge on any atom is -0.317 e. The van der Waals surface area contributed by atoms with E-state index in [2.05, 4.69) is 20.8 Å². The summed E-state index contributed by atoms with van der Waals surface area (Å²) in [7, 11) is 1.91. The number of hydrogen-bond acceptors (Lipinski definition) is 4. The predicted octanol–water partition coefficient (Wildman–Crippen LogP) is 0.0672. The molecule has 5 nitrogen and oxygen atoms in total. The maximum Gasteiger partial charge on any atom is 0.154 e. The SMILES string of the molecule is Cn1nnnc1C1CCCNCC1. The summed E-state index contributed by atoms with van der Waals surface area (Å²) in [5.41, 5.74) is 0. The van der Waals surface area contributed by atoms with Gasteiger partial charge in [0, 0.05) is 13.0 Å². The number of nitrogens with one attached hydrogen (secondary N) is 1. The van der Waals surface area contributed by atoms with Crippen LogP contribution < -0.4 is 5.32 Å². The molecule has 0 aliphatic carbocycles. The third-order valence-corrected chi connectivity index (χ3v) is 2.59. The van der Waals surface area contributed by atoms with Gasteiger partial charge < -0.3 is 5.32 Å². The molecule has 1 aliphatic rings. The highest BCUT2D eigenvalue weighted by molar-refractivity contribution is 4.94. The summed E-state index contributed by atoms with van der Waals surface area (Å²) in [5, 5.41) is 15.0. The molecule has 13 heavy (non-hydrogen) atoms. The predicted molar refractivity (Wildman–Crippen MR) is 48.3 cm³/mol. The zero-order valence-electron chi connectivity index (χ0n) is 7.90. The minimum absolute atomic E-state index is 0.537. The fourth-order valence-electron chi connectivity index (χ4n) is 1.86. The molecule has 0 radical (unpaired) electrons. The van der Waals surface area contributed by atoms with Crippen LogP contribution in [0.2, 0.25) is 0 Å². The Bertz CT molecular complexity index is 261. The van der Waals surface area contributed by atoms with Gasteiger partial charge in [0.25, 0.3) is 0 Å². The molecular weight excluding hydrogens is 166 g/mol. The molecule has 1 atom stereocenters. The van der Waals surface area contributed by atoms with Crippen LogP contribution in [0.15, 0.2) is 0 Å². The molecule has 1 saturated heterocycles. The van der Waals surface area contributed by atoms with Gasteiger partial charge in [-0.1, -0.05) is 0 Å². The smallest absolute Gasteiger partial charge is 0.154 e. The van der Waals surface area contributed by atoms with Crippen molar-refractivity contribution in [2.75, 3.05) is 13.1 Å². The van der Waals surface area contributed by atoms with Crippen LogP contribution >= 0.6 is 0 Å². The van der Waals surface area contributed by atoms with E-state index < -0.39 is 0 Å². The number of rotatable bonds is 1. The first-order chi connectivity index (χ1) is 6.38. The summed E-state index contributed by atoms with van der Waals surface area (Å²) in [4.78, 5) is 0. The maximum absolute atomic E-state index is 4.06. The van der Waals surface area contributed by atoms with Gasteiger partial charge in [0.2, 0.25) is 0 Å². The van der Waals surface area contributed by atoms with Crippen molar-refractivity contribution in [3.63, 3.8) is 0 Å². The average molecular weight is 181 g/mol. The number of tetrazole rings is 1. The summed E-state index contributed by atoms with van der Waals surface area (Å²) < 4.78 is 1.79. The van der Waals surface area contributed by atoms with E-state index in [4.69, 9.17) is 0 Å². The summed E-state index contributed by atoms with van der Waals surface area (Å²) in [6, 6.07) is 0. The lowest BCUT2D eigenvalue weighted by atomic mass is 10.0. The van der Waals surface area contributed by atoms with Crippen molar-refractivity contribution in [2.45, 2.75) is 25.2 Å². The molecule has 0 saturated carbocycles. The maximum atomic E-state index is 4.06. The fourth-order valence-corrected chi connectivity index (χ4v) is 1.86. The average Bonchev–Trinajstić information content (AvgIpc) is 2.43. The number of aryl methyl sites for hydroxylation is 1. The van der Waals surface area contributed by atoms with Crippen LogP contribution in [-0.2, 0) is 7.05 Å². The van der Waals surface area contributed by atoms with Crippen LogP contribution in [0.25, 0.3) is 0 Å². The lowest BCUT2D eigenvalue weighted by Crippen LogP contribution is -2.14. The molecular formula is C8H15N5. The standard InChI is InChI=1S/C8H15N5/c1-13-8(10-11-12-13)7-3-2-5-9-6-4-7/h7,9H,2-6H2,1H3. The van der Waals surface area contributed by atoms with Gasteiger partial charge in [-0.15, -0.1) is 5.10 Å². The molecule has 2 rings (SSSR count). The normalized spacial score (nSPS) is 24.2. The molecule has 1 fully saturated rings. The van der Waals surface area contributed by atoms with Crippen LogP contribution in [0, 0.1) is 0 Å². The molecule has 0 amide bonds. The van der Waals surface area contributed by atoms with E-state index >= 15 is 0 Å². The molecule has 1 aliphatic heterocycles. The first-order valence-corrected chi connectivity index (χ1v) is 4.81. The summed E-state index contributed by atoms with van der Waals surface area (Å²) in [5.74, 6) is 1.57. The van der Waals surface area contributed by atoms with Gasteiger partial charge in [0.05, 0.1) is 0 Å². The van der Waals surface area contributed by atoms with Crippen molar-refractivity contribution in [2.24, 2.45) is 7.05 Å². The van der Waals surface area contributed by atoms with Crippen molar-refractivity contribution in [1.29, 1.82) is 0 Å². The highest BCUT2D eigenvalue weighted by Crippen LogP contribution is 2.22. The van der Waals surface area contributed by atoms with E-state index in [-0.39, 0.29) is 0 Å². The first kappa shape index (κ1) is 8.62. The van der Waals surface area contributed by atoms with Crippen LogP contribution in [-0.4, -0.2) is 33.3 Å². The second-order valence-electron chi connectivity index (χ2n) is 3.54. The Morgan fingerprint density at radius 2 is 2.31 bits per heavy atom. The monoisotopic (exact) mass is 181 g/mol. The van der Waals surface area contributed by atoms with Gasteiger partial charge in [-0.05, 0) is 42.8 Å². The summed E-state index contributed by atoms with van der Waals surface area (Å²) >= 11 is 0. The van der Waals surface area contributed by atoms with Crippen molar-refractivity contribution in [3.8, 4) is 0 Å². The van der Waals surface area contributed by atoms with Crippen molar-refractivity contribution in [1.82, 2.24) is 25.5 Å². The van der Waals surface area contributed by atoms with Gasteiger partial charge in [-0.2, -0.15) is 0 Å². The topological polar surface area (TPSA) is 55.6 Å². The lowest BCUT2D eigenvalue weighted by Gasteiger charge is -2.10. The Labute approximate surface area is 77.5 Å². The van der Waals surface area contributed by atoms with E-state index in [0.29, 0.717) is 5.92 Å². The fraction of sp³-hybridized carbons (Fsp3) is 0.875. The Morgan fingerprint density at radius 3 is 3.08 bits per heavy atom. The van der Waals surface area contributed by atoms with Crippen LogP contribution in [0.3, 0.4) is 0 Å². The van der Waals surface area contributed by atoms with Crippen molar-refractivity contribution >= 4 is 0 Å². The minimum atomic E-state index is 0.537. The van der Waals surface area contributed by atoms with Gasteiger partial charge in [0.15, 0.2) is 5.82 Å². The first-order valence-electron chi connectivity index (χ1n) is 4.81. The lowest BCUT2D eigenvalue weighted by molar-refractivity contribution is 0.539. The van der Waals surface area contributed by atoms with Crippen LogP contribution in [0.4, 0.5) is 0 Å². The van der Waals surface area contributed by atoms with Gasteiger partial charge >= 0.3 is 0 Å². The summed E-state index contributed by atoms with van der Waals surface area (Å²) in [6.07, 6.45) is 3.56. The molecule has 1 aromatic heterocycles. The largest absolute Gasteiger partial charge is 0.317 e. The van der Waals surface area contributed by atoms with Crippen LogP contribution in [0.5, 0.6) is 0 Å². The van der Waals surface area contributed by atoms with Gasteiger partial charge in [-0.3, -0.25) is 0 Å². The molecule has 0 bridgehead atoms. The molecule has 0 spiro atoms. The van der Waals surface area contributed by atoms with E-state index in [1.807, 2.05) is 7.05 Å². The van der Waals surface area contributed by atoms with E-state index in [1.165, 1.54) is 12.8 Å². The molecule has 1 N–H and O–H groups in total. The molecule has 1 unspecified atom stereocenters. The Kier molecular flexibility index (Phi) is 2.54. The number of aromatic nitrogens is 4. The highest BCUT2D eigenvalue weighted by Gasteiger charge is 2.18. The Balaban J connectivity index is 2.10. The van der Waals surface area contributed by atoms with Crippen LogP contribution in [0.1, 0.15) is 31.0 Å². The second kappa shape index (κ2) is 3.83. The summed E-state index contributed by atoms with van der Waals surface area (Å²) in [6.45, 7) is 2.21. The molecule has 0 aromatic carbocycles. The quantitative estimate of drug-likeness (QED) is 0.666. The molecule has 1 aromatic rings. The van der Waals surface area contributed by atoms with Crippen molar-refractivity contribution in [3.05, 3.63) is 5.82 Å². The van der Waals surface area contributed by atoms with Gasteiger partial charge in [0.1, 0.15) is 0 Å². The Morgan fingerprint density at radius 1 is 1.38 bits per heavy atom. The molecule has 5 heteroatoms. The zero-order chi connectivity index (χ0) is 9.10. The van der Waals surface area contributed by atoms with E-state index in [9.17, 15) is 0 Å². The Hall–Kier alpha value is -0.970. The van der Waals surface area contributed by atoms with E-state index in [1.54, 1.807) is 4.68 Å². The molecule has 2 heterocycles. The molecule has 72 valence electrons. The second-order valence-corrected chi connectivity index (χ2v) is 3.54. The third kappa shape index (κ3) is 1.85. The zero-order valence-corrected chi connectivity index (χ0v) is 7.90. The number of hydrogen-bond donors (Lipinski definition) is 1.